The van der Waals surface area contributed by atoms with Crippen LogP contribution in [0.15, 0.2) is 11.4 Å². The van der Waals surface area contributed by atoms with Gasteiger partial charge in [-0.2, -0.15) is 0 Å². The van der Waals surface area contributed by atoms with Gasteiger partial charge in [-0.05, 0) is 24.4 Å². The molecule has 0 N–H and O–H groups in total. The van der Waals surface area contributed by atoms with Gasteiger partial charge < -0.3 is 4.90 Å². The standard InChI is InChI=1S/C10H13IN4O/c1-2-7-4-3-5-15(7)9-8(14-16)6-12-10(11)13-9/h6-7H,2-5H2,1H3/t7-/m1/s1. The van der Waals surface area contributed by atoms with Crippen LogP contribution in [0.25, 0.3) is 0 Å². The number of halogens is 1. The number of nitrogens with zero attached hydrogens (tertiary/aromatic N) is 4. The number of nitroso groups, excluding NO2 is 1. The predicted octanol–water partition coefficient (Wildman–Crippen LogP) is 2.86. The van der Waals surface area contributed by atoms with Crippen molar-refractivity contribution in [1.29, 1.82) is 0 Å². The van der Waals surface area contributed by atoms with E-state index in [0.29, 0.717) is 21.4 Å². The minimum Gasteiger partial charge on any atom is -0.352 e. The molecule has 86 valence electrons. The maximum Gasteiger partial charge on any atom is 0.192 e. The molecule has 1 aliphatic rings. The third kappa shape index (κ3) is 2.16. The fourth-order valence-corrected chi connectivity index (χ4v) is 2.53. The number of rotatable bonds is 3. The van der Waals surface area contributed by atoms with Gasteiger partial charge in [0.15, 0.2) is 15.3 Å². The Bertz CT molecular complexity index is 398. The Morgan fingerprint density at radius 1 is 1.69 bits per heavy atom. The lowest BCUT2D eigenvalue weighted by molar-refractivity contribution is 0.639. The highest BCUT2D eigenvalue weighted by Gasteiger charge is 2.26. The molecule has 6 heteroatoms. The van der Waals surface area contributed by atoms with E-state index in [0.717, 1.165) is 25.8 Å². The summed E-state index contributed by atoms with van der Waals surface area (Å²) >= 11 is 2.05. The molecule has 1 aromatic rings. The van der Waals surface area contributed by atoms with Crippen LogP contribution >= 0.6 is 22.6 Å². The van der Waals surface area contributed by atoms with Crippen molar-refractivity contribution in [2.75, 3.05) is 11.4 Å². The summed E-state index contributed by atoms with van der Waals surface area (Å²) in [5, 5.41) is 3.00. The molecule has 0 amide bonds. The molecule has 1 atom stereocenters. The largest absolute Gasteiger partial charge is 0.352 e. The summed E-state index contributed by atoms with van der Waals surface area (Å²) in [4.78, 5) is 21.2. The van der Waals surface area contributed by atoms with Crippen molar-refractivity contribution in [1.82, 2.24) is 9.97 Å². The van der Waals surface area contributed by atoms with Crippen molar-refractivity contribution in [3.63, 3.8) is 0 Å². The Labute approximate surface area is 108 Å². The summed E-state index contributed by atoms with van der Waals surface area (Å²) in [5.74, 6) is 0.693. The van der Waals surface area contributed by atoms with Gasteiger partial charge in [-0.25, -0.2) is 9.97 Å². The smallest absolute Gasteiger partial charge is 0.192 e. The molecule has 0 aliphatic carbocycles. The first kappa shape index (κ1) is 11.7. The SMILES string of the molecule is CC[C@@H]1CCCN1c1nc(I)ncc1N=O. The highest BCUT2D eigenvalue weighted by atomic mass is 127. The molecule has 2 rings (SSSR count). The summed E-state index contributed by atoms with van der Waals surface area (Å²) in [5.41, 5.74) is 0.348. The topological polar surface area (TPSA) is 58.5 Å². The Hall–Kier alpha value is -0.790. The lowest BCUT2D eigenvalue weighted by Crippen LogP contribution is -2.29. The molecule has 0 radical (unpaired) electrons. The van der Waals surface area contributed by atoms with E-state index in [9.17, 15) is 4.91 Å². The summed E-state index contributed by atoms with van der Waals surface area (Å²) in [6.07, 6.45) is 4.88. The first-order chi connectivity index (χ1) is 7.76. The van der Waals surface area contributed by atoms with Crippen LogP contribution in [0.4, 0.5) is 11.5 Å². The highest BCUT2D eigenvalue weighted by molar-refractivity contribution is 14.1. The van der Waals surface area contributed by atoms with Gasteiger partial charge in [0.1, 0.15) is 0 Å². The Kier molecular flexibility index (Phi) is 3.67. The van der Waals surface area contributed by atoms with Crippen molar-refractivity contribution in [2.24, 2.45) is 5.18 Å². The average molecular weight is 332 g/mol. The van der Waals surface area contributed by atoms with Crippen molar-refractivity contribution in [3.8, 4) is 0 Å². The van der Waals surface area contributed by atoms with Crippen LogP contribution < -0.4 is 4.90 Å². The van der Waals surface area contributed by atoms with E-state index in [1.807, 2.05) is 0 Å². The molecule has 0 bridgehead atoms. The first-order valence-electron chi connectivity index (χ1n) is 5.38. The van der Waals surface area contributed by atoms with Crippen LogP contribution in [-0.2, 0) is 0 Å². The predicted molar refractivity (Wildman–Crippen MR) is 70.9 cm³/mol. The van der Waals surface area contributed by atoms with Crippen molar-refractivity contribution >= 4 is 34.1 Å². The lowest BCUT2D eigenvalue weighted by atomic mass is 10.2. The van der Waals surface area contributed by atoms with Crippen LogP contribution in [0.1, 0.15) is 26.2 Å². The minimum absolute atomic E-state index is 0.348. The zero-order valence-corrected chi connectivity index (χ0v) is 11.2. The fourth-order valence-electron chi connectivity index (χ4n) is 2.16. The molecule has 0 aromatic carbocycles. The number of aromatic nitrogens is 2. The van der Waals surface area contributed by atoms with Crippen molar-refractivity contribution < 1.29 is 0 Å². The zero-order valence-electron chi connectivity index (χ0n) is 9.06. The molecule has 16 heavy (non-hydrogen) atoms. The zero-order chi connectivity index (χ0) is 11.5. The minimum atomic E-state index is 0.348. The monoisotopic (exact) mass is 332 g/mol. The van der Waals surface area contributed by atoms with Gasteiger partial charge >= 0.3 is 0 Å². The van der Waals surface area contributed by atoms with Crippen LogP contribution in [0, 0.1) is 8.74 Å². The second-order valence-corrected chi connectivity index (χ2v) is 4.80. The second-order valence-electron chi connectivity index (χ2n) is 3.84. The molecular formula is C10H13IN4O. The van der Waals surface area contributed by atoms with Gasteiger partial charge in [0.05, 0.1) is 6.20 Å². The van der Waals surface area contributed by atoms with Crippen LogP contribution in [0.5, 0.6) is 0 Å². The fraction of sp³-hybridized carbons (Fsp3) is 0.600. The molecule has 1 fully saturated rings. The molecule has 1 aromatic heterocycles. The maximum absolute atomic E-state index is 10.7. The van der Waals surface area contributed by atoms with Gasteiger partial charge in [0.2, 0.25) is 0 Å². The molecule has 0 saturated carbocycles. The van der Waals surface area contributed by atoms with Gasteiger partial charge in [0.25, 0.3) is 0 Å². The van der Waals surface area contributed by atoms with Gasteiger partial charge in [-0.15, -0.1) is 4.91 Å². The van der Waals surface area contributed by atoms with Crippen LogP contribution in [0.3, 0.4) is 0 Å². The van der Waals surface area contributed by atoms with E-state index in [1.165, 1.54) is 6.20 Å². The maximum atomic E-state index is 10.7. The van der Waals surface area contributed by atoms with Crippen LogP contribution in [0.2, 0.25) is 0 Å². The summed E-state index contributed by atoms with van der Waals surface area (Å²) in [6.45, 7) is 3.11. The van der Waals surface area contributed by atoms with Crippen molar-refractivity contribution in [2.45, 2.75) is 32.2 Å². The quantitative estimate of drug-likeness (QED) is 0.485. The number of hydrogen-bond acceptors (Lipinski definition) is 5. The molecule has 2 heterocycles. The Balaban J connectivity index is 2.37. The Morgan fingerprint density at radius 2 is 2.50 bits per heavy atom. The van der Waals surface area contributed by atoms with E-state index in [-0.39, 0.29) is 0 Å². The molecule has 0 spiro atoms. The molecule has 0 unspecified atom stereocenters. The first-order valence-corrected chi connectivity index (χ1v) is 6.46. The van der Waals surface area contributed by atoms with E-state index in [2.05, 4.69) is 49.6 Å². The normalized spacial score (nSPS) is 20.1. The molecule has 5 nitrogen and oxygen atoms in total. The third-order valence-corrected chi connectivity index (χ3v) is 3.46. The van der Waals surface area contributed by atoms with Gasteiger partial charge in [-0.3, -0.25) is 0 Å². The molecular weight excluding hydrogens is 319 g/mol. The van der Waals surface area contributed by atoms with E-state index < -0.39 is 0 Å². The molecule has 1 aliphatic heterocycles. The van der Waals surface area contributed by atoms with Crippen molar-refractivity contribution in [3.05, 3.63) is 14.9 Å². The van der Waals surface area contributed by atoms with E-state index >= 15 is 0 Å². The number of anilines is 1. The number of hydrogen-bond donors (Lipinski definition) is 0. The highest BCUT2D eigenvalue weighted by Crippen LogP contribution is 2.32. The summed E-state index contributed by atoms with van der Waals surface area (Å²) in [6, 6.07) is 0.478. The second kappa shape index (κ2) is 5.03. The summed E-state index contributed by atoms with van der Waals surface area (Å²) < 4.78 is 0.654. The Morgan fingerprint density at radius 3 is 3.19 bits per heavy atom. The lowest BCUT2D eigenvalue weighted by Gasteiger charge is -2.25. The van der Waals surface area contributed by atoms with Gasteiger partial charge in [0, 0.05) is 35.2 Å². The molecule has 1 saturated heterocycles. The third-order valence-electron chi connectivity index (χ3n) is 2.94. The van der Waals surface area contributed by atoms with Crippen LogP contribution in [-0.4, -0.2) is 22.6 Å². The van der Waals surface area contributed by atoms with E-state index in [4.69, 9.17) is 0 Å². The summed E-state index contributed by atoms with van der Waals surface area (Å²) in [7, 11) is 0. The van der Waals surface area contributed by atoms with E-state index in [1.54, 1.807) is 0 Å². The average Bonchev–Trinajstić information content (AvgIpc) is 2.76. The van der Waals surface area contributed by atoms with Gasteiger partial charge in [-0.1, -0.05) is 6.92 Å².